The van der Waals surface area contributed by atoms with E-state index in [-0.39, 0.29) is 28.0 Å². The summed E-state index contributed by atoms with van der Waals surface area (Å²) in [6.07, 6.45) is 1.39. The summed E-state index contributed by atoms with van der Waals surface area (Å²) in [6, 6.07) is 9.38. The molecule has 0 saturated carbocycles. The normalized spacial score (nSPS) is 22.2. The van der Waals surface area contributed by atoms with Crippen LogP contribution in [0.2, 0.25) is 36.3 Å². The Labute approximate surface area is 214 Å². The van der Waals surface area contributed by atoms with Gasteiger partial charge in [-0.2, -0.15) is 0 Å². The molecule has 0 heterocycles. The maximum Gasteiger partial charge on any atom is 0.358 e. The Morgan fingerprint density at radius 3 is 1.97 bits per heavy atom. The Bertz CT molecular complexity index is 856. The van der Waals surface area contributed by atoms with Crippen molar-refractivity contribution in [2.75, 3.05) is 6.61 Å². The molecule has 0 unspecified atom stereocenters. The van der Waals surface area contributed by atoms with Crippen LogP contribution in [-0.4, -0.2) is 51.9 Å². The Morgan fingerprint density at radius 1 is 0.941 bits per heavy atom. The van der Waals surface area contributed by atoms with E-state index < -0.39 is 28.8 Å². The summed E-state index contributed by atoms with van der Waals surface area (Å²) < 4.78 is 25.8. The lowest BCUT2D eigenvalue weighted by molar-refractivity contribution is -0.0370. The summed E-state index contributed by atoms with van der Waals surface area (Å²) >= 11 is 5.51. The number of hydrogen-bond donors (Lipinski definition) is 1. The second-order valence-electron chi connectivity index (χ2n) is 12.2. The molecule has 1 aromatic rings. The molecule has 192 valence electrons. The van der Waals surface area contributed by atoms with Crippen LogP contribution in [0, 0.1) is 0 Å². The van der Waals surface area contributed by atoms with E-state index in [1.165, 1.54) is 0 Å². The predicted molar refractivity (Wildman–Crippen MR) is 148 cm³/mol. The average Bonchev–Trinajstić information content (AvgIpc) is 2.68. The van der Waals surface area contributed by atoms with E-state index in [4.69, 9.17) is 30.5 Å². The fourth-order valence-electron chi connectivity index (χ4n) is 3.24. The topological polar surface area (TPSA) is 57.2 Å². The van der Waals surface area contributed by atoms with Crippen LogP contribution < -0.4 is 4.74 Å². The number of rotatable bonds is 7. The smallest absolute Gasteiger partial charge is 0.358 e. The third kappa shape index (κ3) is 7.48. The first-order valence-corrected chi connectivity index (χ1v) is 18.3. The molecular formula is C26H44O5SSi2. The van der Waals surface area contributed by atoms with E-state index >= 15 is 0 Å². The molecule has 34 heavy (non-hydrogen) atoms. The molecule has 0 fully saturated rings. The fourth-order valence-corrected chi connectivity index (χ4v) is 6.01. The van der Waals surface area contributed by atoms with Gasteiger partial charge in [-0.3, -0.25) is 0 Å². The van der Waals surface area contributed by atoms with Gasteiger partial charge < -0.3 is 23.4 Å². The number of hydrogen-bond acceptors (Lipinski definition) is 6. The molecule has 0 spiro atoms. The van der Waals surface area contributed by atoms with Gasteiger partial charge in [-0.15, -0.1) is 0 Å². The fraction of sp³-hybridized carbons (Fsp3) is 0.654. The molecule has 5 nitrogen and oxygen atoms in total. The molecule has 1 aliphatic rings. The van der Waals surface area contributed by atoms with Gasteiger partial charge in [-0.1, -0.05) is 65.8 Å². The Hall–Kier alpha value is -1.04. The predicted octanol–water partition coefficient (Wildman–Crippen LogP) is 6.84. The van der Waals surface area contributed by atoms with Crippen LogP contribution in [0.3, 0.4) is 0 Å². The van der Waals surface area contributed by atoms with Crippen LogP contribution >= 0.6 is 12.2 Å². The van der Waals surface area contributed by atoms with E-state index in [1.807, 2.05) is 36.4 Å². The van der Waals surface area contributed by atoms with E-state index in [0.717, 1.165) is 5.57 Å². The Balaban J connectivity index is 2.41. The average molecular weight is 525 g/mol. The van der Waals surface area contributed by atoms with Gasteiger partial charge in [0.1, 0.15) is 11.9 Å². The number of benzene rings is 1. The van der Waals surface area contributed by atoms with Gasteiger partial charge in [0.25, 0.3) is 0 Å². The highest BCUT2D eigenvalue weighted by Gasteiger charge is 2.48. The molecule has 1 N–H and O–H groups in total. The van der Waals surface area contributed by atoms with Crippen molar-refractivity contribution in [2.24, 2.45) is 0 Å². The van der Waals surface area contributed by atoms with Crippen LogP contribution in [-0.2, 0) is 13.6 Å². The molecule has 0 amide bonds. The number of ether oxygens (including phenoxy) is 2. The van der Waals surface area contributed by atoms with E-state index in [9.17, 15) is 5.11 Å². The summed E-state index contributed by atoms with van der Waals surface area (Å²) in [6.45, 7) is 22.1. The van der Waals surface area contributed by atoms with Crippen LogP contribution in [0.4, 0.5) is 0 Å². The van der Waals surface area contributed by atoms with Crippen molar-refractivity contribution in [3.8, 4) is 5.75 Å². The van der Waals surface area contributed by atoms with Crippen LogP contribution in [0.15, 0.2) is 42.0 Å². The molecular weight excluding hydrogens is 481 g/mol. The van der Waals surface area contributed by atoms with Gasteiger partial charge in [0.2, 0.25) is 0 Å². The summed E-state index contributed by atoms with van der Waals surface area (Å²) in [7, 11) is -4.30. The van der Waals surface area contributed by atoms with Crippen LogP contribution in [0.5, 0.6) is 5.75 Å². The lowest BCUT2D eigenvalue weighted by Crippen LogP contribution is -2.56. The summed E-state index contributed by atoms with van der Waals surface area (Å²) in [5, 5.41) is 10.1. The molecule has 0 bridgehead atoms. The molecule has 0 radical (unpaired) electrons. The van der Waals surface area contributed by atoms with Gasteiger partial charge in [0.15, 0.2) is 22.7 Å². The number of aliphatic hydroxyl groups is 1. The lowest BCUT2D eigenvalue weighted by Gasteiger charge is -2.46. The molecule has 0 saturated heterocycles. The molecule has 8 heteroatoms. The third-order valence-electron chi connectivity index (χ3n) is 7.42. The number of aliphatic hydroxyl groups excluding tert-OH is 1. The second kappa shape index (κ2) is 10.9. The maximum atomic E-state index is 10.1. The minimum atomic E-state index is -2.16. The van der Waals surface area contributed by atoms with Crippen molar-refractivity contribution in [3.63, 3.8) is 0 Å². The SMILES string of the molecule is CC(C)(C)[Si](C)(C)O[C@@H]1C=C(CO)C[C@@H](O[Si](C)(C)C(C)(C)C)[C@@H]1OC(=S)Oc1ccccc1. The van der Waals surface area contributed by atoms with Crippen molar-refractivity contribution in [1.82, 2.24) is 0 Å². The van der Waals surface area contributed by atoms with Crippen molar-refractivity contribution in [3.05, 3.63) is 42.0 Å². The second-order valence-corrected chi connectivity index (χ2v) is 22.0. The summed E-state index contributed by atoms with van der Waals surface area (Å²) in [5.41, 5.74) is 0.905. The third-order valence-corrected chi connectivity index (χ3v) is 16.6. The summed E-state index contributed by atoms with van der Waals surface area (Å²) in [5.74, 6) is 0.624. The van der Waals surface area contributed by atoms with Gasteiger partial charge in [-0.05, 0) is 60.4 Å². The Morgan fingerprint density at radius 2 is 1.47 bits per heavy atom. The van der Waals surface area contributed by atoms with Gasteiger partial charge in [0, 0.05) is 12.2 Å². The Kier molecular flexibility index (Phi) is 9.38. The first-order valence-electron chi connectivity index (χ1n) is 12.1. The van der Waals surface area contributed by atoms with Gasteiger partial charge in [-0.25, -0.2) is 0 Å². The highest BCUT2D eigenvalue weighted by Crippen LogP contribution is 2.42. The van der Waals surface area contributed by atoms with Gasteiger partial charge >= 0.3 is 5.24 Å². The minimum Gasteiger partial charge on any atom is -0.447 e. The largest absolute Gasteiger partial charge is 0.447 e. The van der Waals surface area contributed by atoms with E-state index in [1.54, 1.807) is 0 Å². The number of thiocarbonyl (C=S) groups is 1. The first kappa shape index (κ1) is 29.2. The lowest BCUT2D eigenvalue weighted by atomic mass is 9.92. The monoisotopic (exact) mass is 524 g/mol. The zero-order valence-electron chi connectivity index (χ0n) is 22.6. The molecule has 0 aromatic heterocycles. The first-order chi connectivity index (χ1) is 15.5. The highest BCUT2D eigenvalue weighted by molar-refractivity contribution is 7.79. The zero-order valence-corrected chi connectivity index (χ0v) is 25.4. The molecule has 1 aromatic carbocycles. The van der Waals surface area contributed by atoms with Gasteiger partial charge in [0.05, 0.1) is 12.7 Å². The van der Waals surface area contributed by atoms with Crippen molar-refractivity contribution < 1.29 is 23.4 Å². The van der Waals surface area contributed by atoms with Crippen molar-refractivity contribution in [2.45, 2.75) is 103 Å². The summed E-state index contributed by atoms with van der Waals surface area (Å²) in [4.78, 5) is 0. The molecule has 2 rings (SSSR count). The van der Waals surface area contributed by atoms with Crippen molar-refractivity contribution in [1.29, 1.82) is 0 Å². The minimum absolute atomic E-state index is 0.0129. The quantitative estimate of drug-likeness (QED) is 0.239. The van der Waals surface area contributed by atoms with E-state index in [2.05, 4.69) is 67.7 Å². The molecule has 1 aliphatic carbocycles. The van der Waals surface area contributed by atoms with Crippen LogP contribution in [0.1, 0.15) is 48.0 Å². The standard InChI is InChI=1S/C26H44O5SSi2/c1-25(2,3)33(7,8)30-21-16-19(18-27)17-22(31-34(9,10)26(4,5)6)23(21)29-24(32)28-20-14-12-11-13-15-20/h11-16,21-23,27H,17-18H2,1-10H3/t21-,22-,23-/m1/s1. The number of para-hydroxylation sites is 1. The van der Waals surface area contributed by atoms with Crippen LogP contribution in [0.25, 0.3) is 0 Å². The molecule has 0 aliphatic heterocycles. The highest BCUT2D eigenvalue weighted by atomic mass is 32.1. The molecule has 3 atom stereocenters. The maximum absolute atomic E-state index is 10.1. The zero-order chi connectivity index (χ0) is 25.9. The van der Waals surface area contributed by atoms with Crippen molar-refractivity contribution >= 4 is 34.1 Å². The van der Waals surface area contributed by atoms with E-state index in [0.29, 0.717) is 12.2 Å².